The van der Waals surface area contributed by atoms with Crippen LogP contribution in [-0.4, -0.2) is 35.1 Å². The van der Waals surface area contributed by atoms with E-state index in [4.69, 9.17) is 14.8 Å². The number of benzene rings is 2. The van der Waals surface area contributed by atoms with E-state index < -0.39 is 22.1 Å². The minimum atomic E-state index is -4.03. The molecular weight excluding hydrogens is 336 g/mol. The third-order valence-electron chi connectivity index (χ3n) is 3.17. The molecule has 0 unspecified atom stereocenters. The molecule has 0 heterocycles. The highest BCUT2D eigenvalue weighted by Crippen LogP contribution is 2.14. The molecule has 0 aliphatic carbocycles. The summed E-state index contributed by atoms with van der Waals surface area (Å²) < 4.78 is 29.9. The summed E-state index contributed by atoms with van der Waals surface area (Å²) in [5.74, 6) is -2.22. The van der Waals surface area contributed by atoms with Crippen molar-refractivity contribution in [3.05, 3.63) is 64.7 Å². The SMILES string of the molecule is Cc1c(C(=O)O)cccc1C(=O)O.Cc1ccccc1S(=O)(=O)O. The largest absolute Gasteiger partial charge is 0.478 e. The molecule has 0 amide bonds. The van der Waals surface area contributed by atoms with Crippen molar-refractivity contribution in [2.24, 2.45) is 0 Å². The number of carboxylic acid groups (broad SMARTS) is 2. The van der Waals surface area contributed by atoms with Crippen LogP contribution in [0.5, 0.6) is 0 Å². The number of rotatable bonds is 3. The summed E-state index contributed by atoms with van der Waals surface area (Å²) in [7, 11) is -4.03. The number of carboxylic acids is 2. The van der Waals surface area contributed by atoms with Crippen LogP contribution in [0, 0.1) is 13.8 Å². The normalized spacial score (nSPS) is 10.5. The Bertz CT molecular complexity index is 837. The molecule has 2 aromatic rings. The average Bonchev–Trinajstić information content (AvgIpc) is 2.46. The quantitative estimate of drug-likeness (QED) is 0.724. The van der Waals surface area contributed by atoms with E-state index in [0.29, 0.717) is 5.56 Å². The van der Waals surface area contributed by atoms with E-state index in [2.05, 4.69) is 0 Å². The third-order valence-corrected chi connectivity index (χ3v) is 4.18. The second-order valence-corrected chi connectivity index (χ2v) is 6.22. The van der Waals surface area contributed by atoms with E-state index in [1.165, 1.54) is 31.2 Å². The summed E-state index contributed by atoms with van der Waals surface area (Å²) in [6.07, 6.45) is 0. The molecule has 0 saturated carbocycles. The molecule has 0 aliphatic rings. The minimum absolute atomic E-state index is 0.0277. The van der Waals surface area contributed by atoms with Gasteiger partial charge in [0.25, 0.3) is 10.1 Å². The summed E-state index contributed by atoms with van der Waals surface area (Å²) in [6, 6.07) is 10.4. The first-order valence-electron chi connectivity index (χ1n) is 6.65. The maximum atomic E-state index is 10.6. The van der Waals surface area contributed by atoms with Crippen LogP contribution in [0.1, 0.15) is 31.8 Å². The molecule has 24 heavy (non-hydrogen) atoms. The van der Waals surface area contributed by atoms with Crippen molar-refractivity contribution in [1.82, 2.24) is 0 Å². The van der Waals surface area contributed by atoms with Crippen LogP contribution in [0.2, 0.25) is 0 Å². The maximum absolute atomic E-state index is 10.6. The van der Waals surface area contributed by atoms with Gasteiger partial charge in [-0.15, -0.1) is 0 Å². The van der Waals surface area contributed by atoms with Gasteiger partial charge >= 0.3 is 11.9 Å². The molecule has 0 atom stereocenters. The summed E-state index contributed by atoms with van der Waals surface area (Å²) in [5.41, 5.74) is 0.886. The van der Waals surface area contributed by atoms with E-state index in [-0.39, 0.29) is 21.6 Å². The Morgan fingerprint density at radius 1 is 0.833 bits per heavy atom. The van der Waals surface area contributed by atoms with Crippen molar-refractivity contribution < 1.29 is 32.8 Å². The predicted molar refractivity (Wildman–Crippen MR) is 86.1 cm³/mol. The molecule has 8 heteroatoms. The Hall–Kier alpha value is -2.71. The zero-order valence-electron chi connectivity index (χ0n) is 12.9. The molecule has 0 fully saturated rings. The van der Waals surface area contributed by atoms with Crippen LogP contribution in [-0.2, 0) is 10.1 Å². The Labute approximate surface area is 138 Å². The molecular formula is C16H16O7S. The van der Waals surface area contributed by atoms with Gasteiger partial charge < -0.3 is 10.2 Å². The smallest absolute Gasteiger partial charge is 0.335 e. The number of hydrogen-bond donors (Lipinski definition) is 3. The lowest BCUT2D eigenvalue weighted by molar-refractivity contribution is 0.0696. The van der Waals surface area contributed by atoms with E-state index in [1.807, 2.05) is 0 Å². The molecule has 2 rings (SSSR count). The van der Waals surface area contributed by atoms with Gasteiger partial charge in [-0.1, -0.05) is 24.3 Å². The van der Waals surface area contributed by atoms with E-state index in [1.54, 1.807) is 25.1 Å². The average molecular weight is 352 g/mol. The van der Waals surface area contributed by atoms with Crippen molar-refractivity contribution in [2.45, 2.75) is 18.7 Å². The molecule has 3 N–H and O–H groups in total. The molecule has 7 nitrogen and oxygen atoms in total. The fourth-order valence-corrected chi connectivity index (χ4v) is 2.67. The van der Waals surface area contributed by atoms with E-state index in [0.717, 1.165) is 0 Å². The van der Waals surface area contributed by atoms with Crippen LogP contribution in [0.4, 0.5) is 0 Å². The highest BCUT2D eigenvalue weighted by atomic mass is 32.2. The fraction of sp³-hybridized carbons (Fsp3) is 0.125. The maximum Gasteiger partial charge on any atom is 0.335 e. The monoisotopic (exact) mass is 352 g/mol. The van der Waals surface area contributed by atoms with Crippen molar-refractivity contribution >= 4 is 22.1 Å². The number of hydrogen-bond acceptors (Lipinski definition) is 4. The summed E-state index contributed by atoms with van der Waals surface area (Å²) in [5, 5.41) is 17.4. The molecule has 0 saturated heterocycles. The molecule has 128 valence electrons. The molecule has 0 radical (unpaired) electrons. The predicted octanol–water partition coefficient (Wildman–Crippen LogP) is 2.63. The minimum Gasteiger partial charge on any atom is -0.478 e. The first-order valence-corrected chi connectivity index (χ1v) is 8.09. The van der Waals surface area contributed by atoms with Crippen molar-refractivity contribution in [3.63, 3.8) is 0 Å². The molecule has 0 bridgehead atoms. The standard InChI is InChI=1S/C9H8O4.C7H8O3S/c1-5-6(8(10)11)3-2-4-7(5)9(12)13;1-6-4-2-3-5-7(6)11(8,9)10/h2-4H,1H3,(H,10,11)(H,12,13);2-5H,1H3,(H,8,9,10). The van der Waals surface area contributed by atoms with Crippen molar-refractivity contribution in [1.29, 1.82) is 0 Å². The van der Waals surface area contributed by atoms with Gasteiger partial charge in [-0.2, -0.15) is 8.42 Å². The lowest BCUT2D eigenvalue weighted by Crippen LogP contribution is -2.06. The van der Waals surface area contributed by atoms with Gasteiger partial charge in [0, 0.05) is 0 Å². The molecule has 0 aromatic heterocycles. The highest BCUT2D eigenvalue weighted by molar-refractivity contribution is 7.85. The fourth-order valence-electron chi connectivity index (χ4n) is 1.94. The first kappa shape index (κ1) is 19.3. The second kappa shape index (κ2) is 7.71. The molecule has 2 aromatic carbocycles. The van der Waals surface area contributed by atoms with Crippen LogP contribution >= 0.6 is 0 Å². The van der Waals surface area contributed by atoms with E-state index in [9.17, 15) is 18.0 Å². The van der Waals surface area contributed by atoms with Crippen molar-refractivity contribution in [2.75, 3.05) is 0 Å². The van der Waals surface area contributed by atoms with Gasteiger partial charge in [0.15, 0.2) is 0 Å². The number of aryl methyl sites for hydroxylation is 1. The lowest BCUT2D eigenvalue weighted by Gasteiger charge is -2.03. The second-order valence-electron chi connectivity index (χ2n) is 4.83. The Morgan fingerprint density at radius 2 is 1.29 bits per heavy atom. The molecule has 0 aliphatic heterocycles. The Kier molecular flexibility index (Phi) is 6.21. The van der Waals surface area contributed by atoms with Crippen LogP contribution < -0.4 is 0 Å². The Balaban J connectivity index is 0.000000243. The lowest BCUT2D eigenvalue weighted by atomic mass is 10.0. The van der Waals surface area contributed by atoms with Crippen LogP contribution in [0.25, 0.3) is 0 Å². The van der Waals surface area contributed by atoms with Gasteiger partial charge in [-0.05, 0) is 43.2 Å². The topological polar surface area (TPSA) is 129 Å². The zero-order chi connectivity index (χ0) is 18.5. The first-order chi connectivity index (χ1) is 11.1. The van der Waals surface area contributed by atoms with Crippen LogP contribution in [0.15, 0.2) is 47.4 Å². The van der Waals surface area contributed by atoms with Gasteiger partial charge in [0.2, 0.25) is 0 Å². The zero-order valence-corrected chi connectivity index (χ0v) is 13.7. The summed E-state index contributed by atoms with van der Waals surface area (Å²) >= 11 is 0. The Morgan fingerprint density at radius 3 is 1.62 bits per heavy atom. The number of carbonyl (C=O) groups is 2. The molecule has 0 spiro atoms. The van der Waals surface area contributed by atoms with Gasteiger partial charge in [-0.3, -0.25) is 4.55 Å². The highest BCUT2D eigenvalue weighted by Gasteiger charge is 2.13. The van der Waals surface area contributed by atoms with Crippen LogP contribution in [0.3, 0.4) is 0 Å². The summed E-state index contributed by atoms with van der Waals surface area (Å²) in [6.45, 7) is 3.11. The van der Waals surface area contributed by atoms with Gasteiger partial charge in [-0.25, -0.2) is 9.59 Å². The van der Waals surface area contributed by atoms with Gasteiger partial charge in [0.1, 0.15) is 0 Å². The van der Waals surface area contributed by atoms with E-state index >= 15 is 0 Å². The number of aromatic carboxylic acids is 2. The van der Waals surface area contributed by atoms with Crippen molar-refractivity contribution in [3.8, 4) is 0 Å². The third kappa shape index (κ3) is 4.90. The summed E-state index contributed by atoms with van der Waals surface area (Å²) in [4.78, 5) is 21.2. The van der Waals surface area contributed by atoms with Gasteiger partial charge in [0.05, 0.1) is 16.0 Å².